The first-order valence-electron chi connectivity index (χ1n) is 8.74. The van der Waals surface area contributed by atoms with Crippen molar-refractivity contribution >= 4 is 10.0 Å². The SMILES string of the molecule is COc1ccc(OC)c(S(=O)(=O)NC2C3CC4CC(C3)CC2C4)c1. The molecular formula is C18H25NO4S. The summed E-state index contributed by atoms with van der Waals surface area (Å²) < 4.78 is 39.5. The fourth-order valence-electron chi connectivity index (χ4n) is 5.35. The molecule has 5 rings (SSSR count). The number of sulfonamides is 1. The topological polar surface area (TPSA) is 64.6 Å². The van der Waals surface area contributed by atoms with Crippen LogP contribution in [-0.4, -0.2) is 28.7 Å². The third kappa shape index (κ3) is 2.69. The maximum absolute atomic E-state index is 13.0. The fourth-order valence-corrected chi connectivity index (χ4v) is 6.91. The number of ether oxygens (including phenoxy) is 2. The number of benzene rings is 1. The van der Waals surface area contributed by atoms with E-state index in [1.807, 2.05) is 0 Å². The van der Waals surface area contributed by atoms with Gasteiger partial charge >= 0.3 is 0 Å². The molecular weight excluding hydrogens is 326 g/mol. The zero-order chi connectivity index (χ0) is 16.9. The van der Waals surface area contributed by atoms with Gasteiger partial charge in [-0.2, -0.15) is 0 Å². The molecule has 0 heterocycles. The summed E-state index contributed by atoms with van der Waals surface area (Å²) in [6.07, 6.45) is 6.06. The molecule has 4 saturated carbocycles. The Morgan fingerprint density at radius 1 is 0.958 bits per heavy atom. The van der Waals surface area contributed by atoms with E-state index in [2.05, 4.69) is 4.72 Å². The monoisotopic (exact) mass is 351 g/mol. The third-order valence-electron chi connectivity index (χ3n) is 6.18. The summed E-state index contributed by atoms with van der Waals surface area (Å²) in [5, 5.41) is 0. The molecule has 5 nitrogen and oxygen atoms in total. The van der Waals surface area contributed by atoms with Crippen molar-refractivity contribution in [1.82, 2.24) is 4.72 Å². The van der Waals surface area contributed by atoms with Crippen molar-refractivity contribution in [3.63, 3.8) is 0 Å². The Labute approximate surface area is 143 Å². The summed E-state index contributed by atoms with van der Waals surface area (Å²) in [7, 11) is -0.614. The largest absolute Gasteiger partial charge is 0.497 e. The van der Waals surface area contributed by atoms with Gasteiger partial charge in [0.25, 0.3) is 0 Å². The van der Waals surface area contributed by atoms with Gasteiger partial charge in [0, 0.05) is 12.1 Å². The zero-order valence-electron chi connectivity index (χ0n) is 14.2. The predicted octanol–water partition coefficient (Wildman–Crippen LogP) is 2.81. The summed E-state index contributed by atoms with van der Waals surface area (Å²) in [6.45, 7) is 0. The maximum Gasteiger partial charge on any atom is 0.244 e. The minimum atomic E-state index is -3.63. The number of methoxy groups -OCH3 is 2. The molecule has 0 unspecified atom stereocenters. The third-order valence-corrected chi connectivity index (χ3v) is 7.66. The van der Waals surface area contributed by atoms with Crippen LogP contribution in [0.4, 0.5) is 0 Å². The number of rotatable bonds is 5. The molecule has 0 aromatic heterocycles. The zero-order valence-corrected chi connectivity index (χ0v) is 15.0. The van der Waals surface area contributed by atoms with Crippen LogP contribution in [0.2, 0.25) is 0 Å². The molecule has 0 amide bonds. The highest BCUT2D eigenvalue weighted by Crippen LogP contribution is 2.54. The van der Waals surface area contributed by atoms with Crippen LogP contribution in [0.5, 0.6) is 11.5 Å². The molecule has 4 fully saturated rings. The number of hydrogen-bond donors (Lipinski definition) is 1. The van der Waals surface area contributed by atoms with Gasteiger partial charge in [-0.05, 0) is 67.9 Å². The summed E-state index contributed by atoms with van der Waals surface area (Å²) in [5.41, 5.74) is 0. The molecule has 0 radical (unpaired) electrons. The molecule has 1 aromatic carbocycles. The predicted molar refractivity (Wildman–Crippen MR) is 90.7 cm³/mol. The van der Waals surface area contributed by atoms with Crippen LogP contribution >= 0.6 is 0 Å². The van der Waals surface area contributed by atoms with Gasteiger partial charge in [-0.25, -0.2) is 13.1 Å². The van der Waals surface area contributed by atoms with Crippen LogP contribution in [0.25, 0.3) is 0 Å². The molecule has 0 atom stereocenters. The van der Waals surface area contributed by atoms with Crippen molar-refractivity contribution in [3.8, 4) is 11.5 Å². The van der Waals surface area contributed by atoms with E-state index in [1.54, 1.807) is 12.1 Å². The molecule has 1 aromatic rings. The number of hydrogen-bond acceptors (Lipinski definition) is 4. The van der Waals surface area contributed by atoms with Crippen LogP contribution in [0.1, 0.15) is 32.1 Å². The molecule has 0 aliphatic heterocycles. The minimum absolute atomic E-state index is 0.0682. The van der Waals surface area contributed by atoms with E-state index in [0.717, 1.165) is 11.8 Å². The molecule has 4 aliphatic carbocycles. The lowest BCUT2D eigenvalue weighted by atomic mass is 9.54. The van der Waals surface area contributed by atoms with E-state index in [1.165, 1.54) is 52.4 Å². The summed E-state index contributed by atoms with van der Waals surface area (Å²) in [5.74, 6) is 3.49. The molecule has 0 spiro atoms. The van der Waals surface area contributed by atoms with E-state index >= 15 is 0 Å². The average molecular weight is 351 g/mol. The van der Waals surface area contributed by atoms with Gasteiger partial charge in [0.05, 0.1) is 14.2 Å². The maximum atomic E-state index is 13.0. The van der Waals surface area contributed by atoms with Gasteiger partial charge in [-0.3, -0.25) is 0 Å². The van der Waals surface area contributed by atoms with Crippen LogP contribution in [0, 0.1) is 23.7 Å². The highest BCUT2D eigenvalue weighted by Gasteiger charge is 2.49. The first-order chi connectivity index (χ1) is 11.5. The van der Waals surface area contributed by atoms with Gasteiger partial charge in [0.1, 0.15) is 16.4 Å². The highest BCUT2D eigenvalue weighted by molar-refractivity contribution is 7.89. The molecule has 4 bridgehead atoms. The summed E-state index contributed by atoms with van der Waals surface area (Å²) in [4.78, 5) is 0.165. The second-order valence-electron chi connectivity index (χ2n) is 7.59. The van der Waals surface area contributed by atoms with Gasteiger partial charge in [-0.15, -0.1) is 0 Å². The van der Waals surface area contributed by atoms with Crippen molar-refractivity contribution in [2.24, 2.45) is 23.7 Å². The number of nitrogens with one attached hydrogen (secondary N) is 1. The van der Waals surface area contributed by atoms with Gasteiger partial charge < -0.3 is 9.47 Å². The van der Waals surface area contributed by atoms with E-state index in [9.17, 15) is 8.42 Å². The molecule has 1 N–H and O–H groups in total. The van der Waals surface area contributed by atoms with Crippen molar-refractivity contribution in [2.45, 2.75) is 43.0 Å². The standard InChI is InChI=1S/C18H25NO4S/c1-22-15-3-4-16(23-2)17(10-15)24(20,21)19-18-13-6-11-5-12(8-13)9-14(18)7-11/h3-4,10-14,18-19H,5-9H2,1-2H3. The molecule has 24 heavy (non-hydrogen) atoms. The van der Waals surface area contributed by atoms with Crippen molar-refractivity contribution in [3.05, 3.63) is 18.2 Å². The Morgan fingerprint density at radius 2 is 1.58 bits per heavy atom. The van der Waals surface area contributed by atoms with Crippen molar-refractivity contribution < 1.29 is 17.9 Å². The van der Waals surface area contributed by atoms with Gasteiger partial charge in [-0.1, -0.05) is 0 Å². The van der Waals surface area contributed by atoms with Crippen LogP contribution in [0.3, 0.4) is 0 Å². The van der Waals surface area contributed by atoms with E-state index in [-0.39, 0.29) is 10.9 Å². The Kier molecular flexibility index (Phi) is 4.00. The lowest BCUT2D eigenvalue weighted by Crippen LogP contribution is -2.55. The van der Waals surface area contributed by atoms with Crippen molar-refractivity contribution in [1.29, 1.82) is 0 Å². The minimum Gasteiger partial charge on any atom is -0.497 e. The second kappa shape index (κ2) is 5.92. The van der Waals surface area contributed by atoms with Gasteiger partial charge in [0.15, 0.2) is 0 Å². The van der Waals surface area contributed by atoms with Crippen LogP contribution < -0.4 is 14.2 Å². The van der Waals surface area contributed by atoms with Crippen LogP contribution in [0.15, 0.2) is 23.1 Å². The van der Waals surface area contributed by atoms with E-state index in [0.29, 0.717) is 23.3 Å². The van der Waals surface area contributed by atoms with E-state index in [4.69, 9.17) is 9.47 Å². The molecule has 4 aliphatic rings. The Morgan fingerprint density at radius 3 is 2.12 bits per heavy atom. The quantitative estimate of drug-likeness (QED) is 0.886. The molecule has 6 heteroatoms. The fraction of sp³-hybridized carbons (Fsp3) is 0.667. The second-order valence-corrected chi connectivity index (χ2v) is 9.28. The van der Waals surface area contributed by atoms with Crippen LogP contribution in [-0.2, 0) is 10.0 Å². The van der Waals surface area contributed by atoms with Crippen molar-refractivity contribution in [2.75, 3.05) is 14.2 Å². The Bertz CT molecular complexity index is 703. The van der Waals surface area contributed by atoms with E-state index < -0.39 is 10.0 Å². The molecule has 132 valence electrons. The summed E-state index contributed by atoms with van der Waals surface area (Å²) >= 11 is 0. The lowest BCUT2D eigenvalue weighted by molar-refractivity contribution is -0.00558. The van der Waals surface area contributed by atoms with Gasteiger partial charge in [0.2, 0.25) is 10.0 Å². The first kappa shape index (κ1) is 16.2. The lowest BCUT2D eigenvalue weighted by Gasteiger charge is -2.54. The highest BCUT2D eigenvalue weighted by atomic mass is 32.2. The summed E-state index contributed by atoms with van der Waals surface area (Å²) in [6, 6.07) is 4.96. The normalized spacial score (nSPS) is 34.3. The smallest absolute Gasteiger partial charge is 0.244 e. The Balaban J connectivity index is 1.62. The first-order valence-corrected chi connectivity index (χ1v) is 10.2. The molecule has 0 saturated heterocycles. The Hall–Kier alpha value is -1.27. The average Bonchev–Trinajstić information content (AvgIpc) is 2.57.